The van der Waals surface area contributed by atoms with E-state index in [1.807, 2.05) is 54.5 Å². The molecule has 0 aliphatic carbocycles. The summed E-state index contributed by atoms with van der Waals surface area (Å²) < 4.78 is 16.9. The highest BCUT2D eigenvalue weighted by Gasteiger charge is 2.41. The third-order valence-electron chi connectivity index (χ3n) is 14.8. The summed E-state index contributed by atoms with van der Waals surface area (Å²) in [5, 5.41) is 11.8. The van der Waals surface area contributed by atoms with Crippen LogP contribution in [-0.4, -0.2) is 159 Å². The summed E-state index contributed by atoms with van der Waals surface area (Å²) in [7, 11) is 3.43. The molecule has 0 spiro atoms. The lowest BCUT2D eigenvalue weighted by Gasteiger charge is -2.34. The van der Waals surface area contributed by atoms with Gasteiger partial charge in [-0.25, -0.2) is 0 Å². The molecule has 77 heavy (non-hydrogen) atoms. The van der Waals surface area contributed by atoms with E-state index in [1.54, 1.807) is 27.9 Å². The standard InChI is InChI=1S/C40H73N7O7.2C8H10.C5H10O2/c1-9-17-32-18-15-21-46(32)39(51)34(43-36(48)27(3)41-7)29(5)53-24-13-11-12-14-25-54-30(6)35(44-37(49)28(4)42-8)40(52)47-22-16-19-33(47)26-45-23-20-31(10-2)38(45)50;2*1-2-8-6-4-3-5-7-8;1-3-4-7-5(2)6/h27-35,41-42H,9-26H2,1-8H3,(H,43,48)(H,44,49);2*3-7H,2H2,1H3;3-4H2,1-2H3/t27-,28-,29?,30?,31?,32?,33?,34?,35?;;;/m0.../s1. The average molecular weight is 1080 g/mol. The van der Waals surface area contributed by atoms with Crippen LogP contribution < -0.4 is 21.3 Å². The summed E-state index contributed by atoms with van der Waals surface area (Å²) in [5.74, 6) is -0.658. The highest BCUT2D eigenvalue weighted by atomic mass is 16.5. The molecule has 5 rings (SSSR count). The van der Waals surface area contributed by atoms with Crippen LogP contribution in [0.4, 0.5) is 0 Å². The summed E-state index contributed by atoms with van der Waals surface area (Å²) in [4.78, 5) is 82.1. The lowest BCUT2D eigenvalue weighted by atomic mass is 10.1. The van der Waals surface area contributed by atoms with Gasteiger partial charge in [0, 0.05) is 64.3 Å². The number of carbonyl (C=O) groups is 6. The molecule has 16 nitrogen and oxygen atoms in total. The highest BCUT2D eigenvalue weighted by Crippen LogP contribution is 2.27. The molecule has 16 heteroatoms. The Labute approximate surface area is 464 Å². The van der Waals surface area contributed by atoms with Gasteiger partial charge in [-0.3, -0.25) is 28.8 Å². The molecule has 9 atom stereocenters. The van der Waals surface area contributed by atoms with Gasteiger partial charge in [0.05, 0.1) is 30.9 Å². The first-order chi connectivity index (χ1) is 37.0. The number of hydrogen-bond acceptors (Lipinski definition) is 11. The largest absolute Gasteiger partial charge is 0.466 e. The number of carbonyl (C=O) groups excluding carboxylic acids is 6. The molecule has 0 aromatic heterocycles. The third-order valence-corrected chi connectivity index (χ3v) is 14.8. The van der Waals surface area contributed by atoms with Gasteiger partial charge >= 0.3 is 5.97 Å². The Balaban J connectivity index is 0.000000716. The van der Waals surface area contributed by atoms with E-state index >= 15 is 0 Å². The van der Waals surface area contributed by atoms with Crippen LogP contribution >= 0.6 is 0 Å². The number of aryl methyl sites for hydroxylation is 2. The molecular formula is C61H103N7O9. The molecule has 7 unspecified atom stereocenters. The number of likely N-dealkylation sites (tertiary alicyclic amines) is 3. The molecule has 3 saturated heterocycles. The number of hydrogen-bond donors (Lipinski definition) is 4. The molecule has 5 amide bonds. The summed E-state index contributed by atoms with van der Waals surface area (Å²) in [6.07, 6.45) is 12.8. The van der Waals surface area contributed by atoms with Gasteiger partial charge < -0.3 is 50.2 Å². The molecule has 0 saturated carbocycles. The Hall–Kier alpha value is -4.90. The van der Waals surface area contributed by atoms with Crippen LogP contribution in [0.5, 0.6) is 0 Å². The van der Waals surface area contributed by atoms with Crippen molar-refractivity contribution in [2.24, 2.45) is 5.92 Å². The summed E-state index contributed by atoms with van der Waals surface area (Å²) in [6, 6.07) is 18.6. The molecular weight excluding hydrogens is 975 g/mol. The molecule has 3 aliphatic heterocycles. The molecule has 0 radical (unpaired) electrons. The van der Waals surface area contributed by atoms with Crippen LogP contribution in [0.25, 0.3) is 0 Å². The number of esters is 1. The van der Waals surface area contributed by atoms with Gasteiger partial charge in [-0.05, 0) is 130 Å². The Morgan fingerprint density at radius 1 is 0.597 bits per heavy atom. The second-order valence-corrected chi connectivity index (χ2v) is 20.7. The van der Waals surface area contributed by atoms with Crippen molar-refractivity contribution in [2.75, 3.05) is 60.1 Å². The number of ether oxygens (including phenoxy) is 3. The SMILES string of the molecule is CCCC1CCCN1C(=O)C(NC(=O)[C@H](C)NC)C(C)OCCCCCCOC(C)C(NC(=O)[C@H](C)NC)C(=O)N1CCCC1CN1CCC(CC)C1=O.CCCOC(C)=O.CCc1ccccc1.CCc1ccccc1. The van der Waals surface area contributed by atoms with Gasteiger partial charge in [-0.1, -0.05) is 115 Å². The maximum absolute atomic E-state index is 14.0. The average Bonchev–Trinajstić information content (AvgIpc) is 4.22. The first-order valence-corrected chi connectivity index (χ1v) is 29.3. The summed E-state index contributed by atoms with van der Waals surface area (Å²) in [6.45, 7) is 23.1. The van der Waals surface area contributed by atoms with E-state index in [0.717, 1.165) is 103 Å². The van der Waals surface area contributed by atoms with Crippen molar-refractivity contribution in [1.29, 1.82) is 0 Å². The van der Waals surface area contributed by atoms with E-state index in [9.17, 15) is 28.8 Å². The monoisotopic (exact) mass is 1080 g/mol. The predicted molar refractivity (Wildman–Crippen MR) is 308 cm³/mol. The Kier molecular flexibility index (Phi) is 35.0. The normalized spacial score (nSPS) is 19.2. The van der Waals surface area contributed by atoms with Crippen LogP contribution in [0.2, 0.25) is 0 Å². The zero-order chi connectivity index (χ0) is 57.1. The van der Waals surface area contributed by atoms with E-state index in [4.69, 9.17) is 9.47 Å². The van der Waals surface area contributed by atoms with E-state index < -0.39 is 36.4 Å². The van der Waals surface area contributed by atoms with E-state index in [-0.39, 0.29) is 53.5 Å². The molecule has 3 aliphatic rings. The predicted octanol–water partition coefficient (Wildman–Crippen LogP) is 8.04. The van der Waals surface area contributed by atoms with Crippen molar-refractivity contribution in [3.8, 4) is 0 Å². The minimum Gasteiger partial charge on any atom is -0.466 e. The van der Waals surface area contributed by atoms with Gasteiger partial charge in [0.25, 0.3) is 0 Å². The fourth-order valence-corrected chi connectivity index (χ4v) is 9.59. The molecule has 4 N–H and O–H groups in total. The zero-order valence-corrected chi connectivity index (χ0v) is 49.5. The first-order valence-electron chi connectivity index (χ1n) is 29.3. The molecule has 2 aromatic carbocycles. The number of benzene rings is 2. The van der Waals surface area contributed by atoms with Gasteiger partial charge in [0.1, 0.15) is 12.1 Å². The number of rotatable bonds is 28. The second-order valence-electron chi connectivity index (χ2n) is 20.7. The molecule has 3 heterocycles. The fraction of sp³-hybridized carbons (Fsp3) is 0.705. The van der Waals surface area contributed by atoms with Crippen LogP contribution in [0.1, 0.15) is 164 Å². The van der Waals surface area contributed by atoms with Crippen LogP contribution in [0.15, 0.2) is 60.7 Å². The number of likely N-dealkylation sites (N-methyl/N-ethyl adjacent to an activating group) is 2. The lowest BCUT2D eigenvalue weighted by Crippen LogP contribution is -2.58. The number of unbranched alkanes of at least 4 members (excludes halogenated alkanes) is 3. The smallest absolute Gasteiger partial charge is 0.302 e. The van der Waals surface area contributed by atoms with Crippen molar-refractivity contribution in [1.82, 2.24) is 36.0 Å². The van der Waals surface area contributed by atoms with Crippen molar-refractivity contribution >= 4 is 35.5 Å². The second kappa shape index (κ2) is 39.5. The molecule has 2 aromatic rings. The van der Waals surface area contributed by atoms with Gasteiger partial charge in [0.15, 0.2) is 0 Å². The van der Waals surface area contributed by atoms with Crippen molar-refractivity contribution in [3.05, 3.63) is 71.8 Å². The van der Waals surface area contributed by atoms with E-state index in [2.05, 4.69) is 95.3 Å². The van der Waals surface area contributed by atoms with E-state index in [1.165, 1.54) is 18.1 Å². The van der Waals surface area contributed by atoms with Crippen molar-refractivity contribution in [2.45, 2.75) is 214 Å². The Morgan fingerprint density at radius 3 is 1.42 bits per heavy atom. The van der Waals surface area contributed by atoms with Crippen LogP contribution in [-0.2, 0) is 55.8 Å². The molecule has 436 valence electrons. The Bertz CT molecular complexity index is 1920. The van der Waals surface area contributed by atoms with Gasteiger partial charge in [0.2, 0.25) is 29.5 Å². The van der Waals surface area contributed by atoms with Crippen molar-refractivity contribution in [3.63, 3.8) is 0 Å². The number of nitrogens with zero attached hydrogens (tertiary/aromatic N) is 3. The van der Waals surface area contributed by atoms with Gasteiger partial charge in [-0.2, -0.15) is 0 Å². The van der Waals surface area contributed by atoms with E-state index in [0.29, 0.717) is 39.5 Å². The molecule has 0 bridgehead atoms. The maximum atomic E-state index is 14.0. The maximum Gasteiger partial charge on any atom is 0.302 e. The third kappa shape index (κ3) is 25.2. The van der Waals surface area contributed by atoms with Crippen LogP contribution in [0.3, 0.4) is 0 Å². The molecule has 3 fully saturated rings. The minimum absolute atomic E-state index is 0.0678. The van der Waals surface area contributed by atoms with Gasteiger partial charge in [-0.15, -0.1) is 0 Å². The van der Waals surface area contributed by atoms with Crippen LogP contribution in [0, 0.1) is 5.92 Å². The topological polar surface area (TPSA) is 188 Å². The summed E-state index contributed by atoms with van der Waals surface area (Å²) >= 11 is 0. The summed E-state index contributed by atoms with van der Waals surface area (Å²) in [5.41, 5.74) is 2.82. The zero-order valence-electron chi connectivity index (χ0n) is 49.5. The number of nitrogens with one attached hydrogen (secondary N) is 4. The minimum atomic E-state index is -0.841. The number of amides is 5. The fourth-order valence-electron chi connectivity index (χ4n) is 9.59. The first kappa shape index (κ1) is 68.2. The quantitative estimate of drug-likeness (QED) is 0.0477. The van der Waals surface area contributed by atoms with Crippen molar-refractivity contribution < 1.29 is 43.0 Å². The lowest BCUT2D eigenvalue weighted by molar-refractivity contribution is -0.143. The highest BCUT2D eigenvalue weighted by molar-refractivity contribution is 5.91. The Morgan fingerprint density at radius 2 is 1.05 bits per heavy atom.